The van der Waals surface area contributed by atoms with Gasteiger partial charge in [0, 0.05) is 16.0 Å². The predicted octanol–water partition coefficient (Wildman–Crippen LogP) is 4.83. The third-order valence-electron chi connectivity index (χ3n) is 2.95. The molecule has 0 amide bonds. The van der Waals surface area contributed by atoms with Crippen LogP contribution in [0.3, 0.4) is 0 Å². The van der Waals surface area contributed by atoms with Gasteiger partial charge in [-0.15, -0.1) is 11.6 Å². The van der Waals surface area contributed by atoms with Crippen molar-refractivity contribution in [1.82, 2.24) is 9.97 Å². The van der Waals surface area contributed by atoms with Crippen molar-refractivity contribution in [2.45, 2.75) is 5.88 Å². The first-order valence-electron chi connectivity index (χ1n) is 5.96. The third kappa shape index (κ3) is 2.35. The highest BCUT2D eigenvalue weighted by molar-refractivity contribution is 6.31. The van der Waals surface area contributed by atoms with Gasteiger partial charge in [0.2, 0.25) is 0 Å². The van der Waals surface area contributed by atoms with Crippen LogP contribution in [0.25, 0.3) is 22.2 Å². The van der Waals surface area contributed by atoms with Gasteiger partial charge < -0.3 is 0 Å². The van der Waals surface area contributed by atoms with Crippen LogP contribution in [0, 0.1) is 5.82 Å². The lowest BCUT2D eigenvalue weighted by Gasteiger charge is -2.09. The average molecular weight is 307 g/mol. The minimum atomic E-state index is -0.340. The van der Waals surface area contributed by atoms with Crippen molar-refractivity contribution in [3.63, 3.8) is 0 Å². The molecule has 100 valence electrons. The molecule has 5 heteroatoms. The lowest BCUT2D eigenvalue weighted by Crippen LogP contribution is -1.97. The number of hydrogen-bond acceptors (Lipinski definition) is 2. The number of fused-ring (bicyclic) bond motifs is 1. The highest BCUT2D eigenvalue weighted by Gasteiger charge is 2.13. The zero-order chi connectivity index (χ0) is 14.1. The molecule has 0 fully saturated rings. The molecule has 2 aromatic carbocycles. The fraction of sp³-hybridized carbons (Fsp3) is 0.0667. The molecule has 0 aliphatic rings. The van der Waals surface area contributed by atoms with Crippen molar-refractivity contribution in [3.05, 3.63) is 59.1 Å². The molecule has 0 radical (unpaired) electrons. The molecule has 2 nitrogen and oxygen atoms in total. The van der Waals surface area contributed by atoms with Crippen molar-refractivity contribution >= 4 is 34.1 Å². The molecule has 0 spiro atoms. The largest absolute Gasteiger partial charge is 0.232 e. The molecule has 0 aliphatic heterocycles. The monoisotopic (exact) mass is 306 g/mol. The summed E-state index contributed by atoms with van der Waals surface area (Å²) in [5, 5.41) is 1.26. The van der Waals surface area contributed by atoms with E-state index >= 15 is 0 Å². The van der Waals surface area contributed by atoms with Gasteiger partial charge in [-0.1, -0.05) is 23.7 Å². The fourth-order valence-electron chi connectivity index (χ4n) is 2.07. The Morgan fingerprint density at radius 3 is 2.60 bits per heavy atom. The Kier molecular flexibility index (Phi) is 3.55. The summed E-state index contributed by atoms with van der Waals surface area (Å²) in [4.78, 5) is 8.68. The van der Waals surface area contributed by atoms with Crippen molar-refractivity contribution in [3.8, 4) is 11.3 Å². The third-order valence-corrected chi connectivity index (χ3v) is 3.43. The smallest absolute Gasteiger partial charge is 0.144 e. The van der Waals surface area contributed by atoms with Gasteiger partial charge in [-0.25, -0.2) is 14.4 Å². The second-order valence-electron chi connectivity index (χ2n) is 4.26. The van der Waals surface area contributed by atoms with E-state index in [9.17, 15) is 4.39 Å². The molecular weight excluding hydrogens is 298 g/mol. The van der Waals surface area contributed by atoms with E-state index in [2.05, 4.69) is 9.97 Å². The first-order valence-corrected chi connectivity index (χ1v) is 6.87. The standard InChI is InChI=1S/C15H9Cl2FN2/c16-8-14-19-13-6-5-9(17)7-11(13)15(20-14)10-3-1-2-4-12(10)18/h1-7H,8H2. The minimum absolute atomic E-state index is 0.167. The Labute approximate surface area is 125 Å². The first-order chi connectivity index (χ1) is 9.69. The number of halogens is 3. The lowest BCUT2D eigenvalue weighted by atomic mass is 10.1. The summed E-state index contributed by atoms with van der Waals surface area (Å²) in [6, 6.07) is 11.7. The lowest BCUT2D eigenvalue weighted by molar-refractivity contribution is 0.631. The summed E-state index contributed by atoms with van der Waals surface area (Å²) in [7, 11) is 0. The summed E-state index contributed by atoms with van der Waals surface area (Å²) in [5.41, 5.74) is 1.61. The van der Waals surface area contributed by atoms with E-state index in [1.165, 1.54) is 6.07 Å². The summed E-state index contributed by atoms with van der Waals surface area (Å²) in [5.74, 6) is 0.285. The molecule has 0 saturated carbocycles. The van der Waals surface area contributed by atoms with Crippen molar-refractivity contribution < 1.29 is 4.39 Å². The van der Waals surface area contributed by atoms with Crippen LogP contribution < -0.4 is 0 Å². The fourth-order valence-corrected chi connectivity index (χ4v) is 2.36. The van der Waals surface area contributed by atoms with Crippen molar-refractivity contribution in [2.75, 3.05) is 0 Å². The van der Waals surface area contributed by atoms with Crippen LogP contribution in [0.2, 0.25) is 5.02 Å². The Balaban J connectivity index is 2.38. The number of rotatable bonds is 2. The predicted molar refractivity (Wildman–Crippen MR) is 79.5 cm³/mol. The molecule has 0 unspecified atom stereocenters. The zero-order valence-corrected chi connectivity index (χ0v) is 11.8. The number of alkyl halides is 1. The van der Waals surface area contributed by atoms with E-state index in [-0.39, 0.29) is 11.7 Å². The number of nitrogens with zero attached hydrogens (tertiary/aromatic N) is 2. The maximum Gasteiger partial charge on any atom is 0.144 e. The van der Waals surface area contributed by atoms with Gasteiger partial charge in [-0.05, 0) is 30.3 Å². The molecule has 1 heterocycles. The van der Waals surface area contributed by atoms with Gasteiger partial charge in [-0.3, -0.25) is 0 Å². The molecule has 3 rings (SSSR count). The number of aromatic nitrogens is 2. The number of hydrogen-bond donors (Lipinski definition) is 0. The van der Waals surface area contributed by atoms with Crippen molar-refractivity contribution in [2.24, 2.45) is 0 Å². The van der Waals surface area contributed by atoms with Crippen molar-refractivity contribution in [1.29, 1.82) is 0 Å². The van der Waals surface area contributed by atoms with E-state index in [0.29, 0.717) is 33.0 Å². The molecule has 0 saturated heterocycles. The number of benzene rings is 2. The maximum absolute atomic E-state index is 14.0. The Morgan fingerprint density at radius 1 is 1.05 bits per heavy atom. The molecule has 0 N–H and O–H groups in total. The normalized spacial score (nSPS) is 10.9. The van der Waals surface area contributed by atoms with Crippen LogP contribution in [0.5, 0.6) is 0 Å². The summed E-state index contributed by atoms with van der Waals surface area (Å²) in [6.07, 6.45) is 0. The summed E-state index contributed by atoms with van der Waals surface area (Å²) in [6.45, 7) is 0. The zero-order valence-electron chi connectivity index (χ0n) is 10.3. The molecule has 20 heavy (non-hydrogen) atoms. The van der Waals surface area contributed by atoms with Crippen LogP contribution in [0.1, 0.15) is 5.82 Å². The first kappa shape index (κ1) is 13.3. The highest BCUT2D eigenvalue weighted by Crippen LogP contribution is 2.30. The van der Waals surface area contributed by atoms with E-state index in [0.717, 1.165) is 0 Å². The van der Waals surface area contributed by atoms with E-state index in [1.54, 1.807) is 36.4 Å². The second kappa shape index (κ2) is 5.35. The molecular formula is C15H9Cl2FN2. The summed E-state index contributed by atoms with van der Waals surface area (Å²) < 4.78 is 14.0. The Morgan fingerprint density at radius 2 is 1.85 bits per heavy atom. The molecule has 1 aromatic heterocycles. The molecule has 0 aliphatic carbocycles. The van der Waals surface area contributed by atoms with Gasteiger partial charge >= 0.3 is 0 Å². The second-order valence-corrected chi connectivity index (χ2v) is 4.97. The van der Waals surface area contributed by atoms with Gasteiger partial charge in [0.25, 0.3) is 0 Å². The Bertz CT molecular complexity index is 790. The Hall–Kier alpha value is -1.71. The van der Waals surface area contributed by atoms with Crippen LogP contribution in [0.15, 0.2) is 42.5 Å². The van der Waals surface area contributed by atoms with E-state index in [1.807, 2.05) is 0 Å². The van der Waals surface area contributed by atoms with Gasteiger partial charge in [0.05, 0.1) is 17.1 Å². The van der Waals surface area contributed by atoms with Gasteiger partial charge in [0.1, 0.15) is 11.6 Å². The SMILES string of the molecule is Fc1ccccc1-c1nc(CCl)nc2ccc(Cl)cc12. The van der Waals surface area contributed by atoms with Crippen LogP contribution >= 0.6 is 23.2 Å². The highest BCUT2D eigenvalue weighted by atomic mass is 35.5. The minimum Gasteiger partial charge on any atom is -0.232 e. The van der Waals surface area contributed by atoms with Crippen LogP contribution in [-0.4, -0.2) is 9.97 Å². The maximum atomic E-state index is 14.0. The van der Waals surface area contributed by atoms with Gasteiger partial charge in [-0.2, -0.15) is 0 Å². The van der Waals surface area contributed by atoms with E-state index < -0.39 is 0 Å². The average Bonchev–Trinajstić information content (AvgIpc) is 2.47. The van der Waals surface area contributed by atoms with E-state index in [4.69, 9.17) is 23.2 Å². The van der Waals surface area contributed by atoms with Gasteiger partial charge in [0.15, 0.2) is 0 Å². The topological polar surface area (TPSA) is 25.8 Å². The molecule has 0 atom stereocenters. The quantitative estimate of drug-likeness (QED) is 0.634. The van der Waals surface area contributed by atoms with Crippen LogP contribution in [-0.2, 0) is 5.88 Å². The molecule has 0 bridgehead atoms. The molecule has 3 aromatic rings. The summed E-state index contributed by atoms with van der Waals surface area (Å²) >= 11 is 11.8. The van der Waals surface area contributed by atoms with Crippen LogP contribution in [0.4, 0.5) is 4.39 Å².